The number of nitrogens with zero attached hydrogens (tertiary/aromatic N) is 4. The maximum atomic E-state index is 12.9. The summed E-state index contributed by atoms with van der Waals surface area (Å²) in [7, 11) is 0. The summed E-state index contributed by atoms with van der Waals surface area (Å²) in [6, 6.07) is 8.32. The maximum Gasteiger partial charge on any atom is 0.231 e. The van der Waals surface area contributed by atoms with E-state index < -0.39 is 0 Å². The summed E-state index contributed by atoms with van der Waals surface area (Å²) in [5.74, 6) is 2.12. The number of fused-ring (bicyclic) bond motifs is 1. The second-order valence-electron chi connectivity index (χ2n) is 7.81. The Labute approximate surface area is 166 Å². The van der Waals surface area contributed by atoms with Crippen molar-refractivity contribution >= 4 is 5.91 Å². The Morgan fingerprint density at radius 2 is 1.79 bits per heavy atom. The van der Waals surface area contributed by atoms with E-state index in [-0.39, 0.29) is 5.92 Å². The first-order valence-electron chi connectivity index (χ1n) is 10.2. The lowest BCUT2D eigenvalue weighted by atomic mass is 9.95. The van der Waals surface area contributed by atoms with Gasteiger partial charge >= 0.3 is 0 Å². The minimum atomic E-state index is 0.152. The van der Waals surface area contributed by atoms with E-state index in [1.165, 1.54) is 5.56 Å². The SMILES string of the molecule is N#CCCN1CCC(C(=O)N2CCN(Cc3ccc4c(c3)OCO4)CC2)CC1. The summed E-state index contributed by atoms with van der Waals surface area (Å²) in [4.78, 5) is 19.6. The number of ether oxygens (including phenoxy) is 2. The number of carbonyl (C=O) groups excluding carboxylic acids is 1. The first kappa shape index (κ1) is 19.0. The Kier molecular flexibility index (Phi) is 5.98. The zero-order chi connectivity index (χ0) is 19.3. The molecule has 3 aliphatic heterocycles. The molecule has 0 aliphatic carbocycles. The van der Waals surface area contributed by atoms with Gasteiger partial charge in [-0.1, -0.05) is 6.07 Å². The molecule has 0 spiro atoms. The third kappa shape index (κ3) is 4.40. The van der Waals surface area contributed by atoms with Gasteiger partial charge in [-0.3, -0.25) is 9.69 Å². The number of piperidine rings is 1. The molecule has 1 aromatic carbocycles. The monoisotopic (exact) mass is 384 g/mol. The predicted octanol–water partition coefficient (Wildman–Crippen LogP) is 1.69. The molecule has 1 amide bonds. The van der Waals surface area contributed by atoms with Crippen molar-refractivity contribution in [2.24, 2.45) is 5.92 Å². The number of rotatable bonds is 5. The van der Waals surface area contributed by atoms with Crippen LogP contribution in [-0.4, -0.2) is 73.2 Å². The maximum absolute atomic E-state index is 12.9. The van der Waals surface area contributed by atoms with E-state index in [4.69, 9.17) is 14.7 Å². The number of hydrogen-bond donors (Lipinski definition) is 0. The average Bonchev–Trinajstić information content (AvgIpc) is 3.20. The van der Waals surface area contributed by atoms with Crippen LogP contribution in [0.3, 0.4) is 0 Å². The highest BCUT2D eigenvalue weighted by atomic mass is 16.7. The largest absolute Gasteiger partial charge is 0.454 e. The molecule has 0 N–H and O–H groups in total. The van der Waals surface area contributed by atoms with Gasteiger partial charge in [-0.15, -0.1) is 0 Å². The molecular weight excluding hydrogens is 356 g/mol. The molecule has 28 heavy (non-hydrogen) atoms. The number of likely N-dealkylation sites (tertiary alicyclic amines) is 1. The summed E-state index contributed by atoms with van der Waals surface area (Å²) in [6.07, 6.45) is 2.41. The minimum Gasteiger partial charge on any atom is -0.454 e. The topological polar surface area (TPSA) is 69.0 Å². The van der Waals surface area contributed by atoms with Crippen LogP contribution in [-0.2, 0) is 11.3 Å². The highest BCUT2D eigenvalue weighted by molar-refractivity contribution is 5.79. The molecule has 2 saturated heterocycles. The van der Waals surface area contributed by atoms with Crippen molar-refractivity contribution in [2.45, 2.75) is 25.8 Å². The number of nitriles is 1. The predicted molar refractivity (Wildman–Crippen MR) is 104 cm³/mol. The number of piperazine rings is 1. The Hall–Kier alpha value is -2.30. The molecule has 7 nitrogen and oxygen atoms in total. The average molecular weight is 384 g/mol. The van der Waals surface area contributed by atoms with E-state index in [9.17, 15) is 4.79 Å². The Morgan fingerprint density at radius 1 is 1.04 bits per heavy atom. The number of amides is 1. The fourth-order valence-electron chi connectivity index (χ4n) is 4.29. The summed E-state index contributed by atoms with van der Waals surface area (Å²) < 4.78 is 10.8. The van der Waals surface area contributed by atoms with Crippen LogP contribution in [0.15, 0.2) is 18.2 Å². The number of benzene rings is 1. The van der Waals surface area contributed by atoms with Gasteiger partial charge < -0.3 is 19.3 Å². The molecule has 0 radical (unpaired) electrons. The molecule has 7 heteroatoms. The first-order chi connectivity index (χ1) is 13.7. The summed E-state index contributed by atoms with van der Waals surface area (Å²) in [5, 5.41) is 8.71. The van der Waals surface area contributed by atoms with Gasteiger partial charge in [0, 0.05) is 51.6 Å². The normalized spacial score (nSPS) is 20.9. The van der Waals surface area contributed by atoms with Gasteiger partial charge in [0.15, 0.2) is 11.5 Å². The standard InChI is InChI=1S/C21H28N4O3/c22-6-1-7-23-8-4-18(5-9-23)21(26)25-12-10-24(11-13-25)15-17-2-3-19-20(14-17)28-16-27-19/h2-3,14,18H,1,4-5,7-13,15-16H2. The highest BCUT2D eigenvalue weighted by Gasteiger charge is 2.30. The van der Waals surface area contributed by atoms with Crippen molar-refractivity contribution in [1.82, 2.24) is 14.7 Å². The van der Waals surface area contributed by atoms with Crippen molar-refractivity contribution in [3.63, 3.8) is 0 Å². The molecule has 3 heterocycles. The van der Waals surface area contributed by atoms with Gasteiger partial charge in [0.05, 0.1) is 6.07 Å². The van der Waals surface area contributed by atoms with E-state index in [1.807, 2.05) is 11.0 Å². The van der Waals surface area contributed by atoms with E-state index in [1.54, 1.807) is 0 Å². The Bertz CT molecular complexity index is 732. The highest BCUT2D eigenvalue weighted by Crippen LogP contribution is 2.33. The fraction of sp³-hybridized carbons (Fsp3) is 0.619. The van der Waals surface area contributed by atoms with Gasteiger partial charge in [-0.2, -0.15) is 5.26 Å². The molecule has 0 atom stereocenters. The molecule has 0 bridgehead atoms. The fourth-order valence-corrected chi connectivity index (χ4v) is 4.29. The summed E-state index contributed by atoms with van der Waals surface area (Å²) >= 11 is 0. The zero-order valence-electron chi connectivity index (χ0n) is 16.3. The van der Waals surface area contributed by atoms with E-state index >= 15 is 0 Å². The van der Waals surface area contributed by atoms with Crippen molar-refractivity contribution in [1.29, 1.82) is 5.26 Å². The second-order valence-corrected chi connectivity index (χ2v) is 7.81. The second kappa shape index (κ2) is 8.80. The summed E-state index contributed by atoms with van der Waals surface area (Å²) in [6.45, 7) is 7.28. The van der Waals surface area contributed by atoms with Crippen LogP contribution in [0.5, 0.6) is 11.5 Å². The minimum absolute atomic E-state index is 0.152. The van der Waals surface area contributed by atoms with Crippen LogP contribution in [0.1, 0.15) is 24.8 Å². The molecule has 1 aromatic rings. The lowest BCUT2D eigenvalue weighted by Gasteiger charge is -2.38. The van der Waals surface area contributed by atoms with E-state index in [0.29, 0.717) is 19.1 Å². The molecular formula is C21H28N4O3. The number of hydrogen-bond acceptors (Lipinski definition) is 6. The van der Waals surface area contributed by atoms with Gasteiger partial charge in [-0.25, -0.2) is 0 Å². The Morgan fingerprint density at radius 3 is 2.54 bits per heavy atom. The van der Waals surface area contributed by atoms with Crippen LogP contribution in [0.2, 0.25) is 0 Å². The van der Waals surface area contributed by atoms with Gasteiger partial charge in [-0.05, 0) is 43.6 Å². The van der Waals surface area contributed by atoms with Crippen LogP contribution in [0.25, 0.3) is 0 Å². The van der Waals surface area contributed by atoms with Crippen LogP contribution in [0, 0.1) is 17.2 Å². The molecule has 3 aliphatic rings. The van der Waals surface area contributed by atoms with Crippen molar-refractivity contribution in [3.8, 4) is 17.6 Å². The molecule has 0 saturated carbocycles. The first-order valence-corrected chi connectivity index (χ1v) is 10.2. The third-order valence-electron chi connectivity index (χ3n) is 6.00. The smallest absolute Gasteiger partial charge is 0.231 e. The van der Waals surface area contributed by atoms with Crippen molar-refractivity contribution in [3.05, 3.63) is 23.8 Å². The van der Waals surface area contributed by atoms with Gasteiger partial charge in [0.2, 0.25) is 12.7 Å². The lowest BCUT2D eigenvalue weighted by Crippen LogP contribution is -2.51. The molecule has 0 aromatic heterocycles. The van der Waals surface area contributed by atoms with Crippen LogP contribution >= 0.6 is 0 Å². The summed E-state index contributed by atoms with van der Waals surface area (Å²) in [5.41, 5.74) is 1.22. The van der Waals surface area contributed by atoms with Gasteiger partial charge in [0.25, 0.3) is 0 Å². The van der Waals surface area contributed by atoms with E-state index in [0.717, 1.165) is 76.7 Å². The third-order valence-corrected chi connectivity index (χ3v) is 6.00. The zero-order valence-corrected chi connectivity index (χ0v) is 16.3. The van der Waals surface area contributed by atoms with Crippen molar-refractivity contribution < 1.29 is 14.3 Å². The Balaban J connectivity index is 1.22. The molecule has 0 unspecified atom stereocenters. The van der Waals surface area contributed by atoms with Gasteiger partial charge in [0.1, 0.15) is 0 Å². The van der Waals surface area contributed by atoms with E-state index in [2.05, 4.69) is 28.0 Å². The number of carbonyl (C=O) groups is 1. The lowest BCUT2D eigenvalue weighted by molar-refractivity contribution is -0.138. The quantitative estimate of drug-likeness (QED) is 0.770. The molecule has 150 valence electrons. The van der Waals surface area contributed by atoms with Crippen molar-refractivity contribution in [2.75, 3.05) is 52.6 Å². The molecule has 2 fully saturated rings. The van der Waals surface area contributed by atoms with Crippen LogP contribution < -0.4 is 9.47 Å². The van der Waals surface area contributed by atoms with Crippen LogP contribution in [0.4, 0.5) is 0 Å². The molecule has 4 rings (SSSR count).